The lowest BCUT2D eigenvalue weighted by Crippen LogP contribution is -2.16. The molecule has 16 heavy (non-hydrogen) atoms. The second-order valence-electron chi connectivity index (χ2n) is 3.75. The number of amides is 1. The maximum absolute atomic E-state index is 11.5. The van der Waals surface area contributed by atoms with Crippen molar-refractivity contribution in [2.75, 3.05) is 6.61 Å². The van der Waals surface area contributed by atoms with Gasteiger partial charge >= 0.3 is 5.97 Å². The van der Waals surface area contributed by atoms with Crippen LogP contribution in [0, 0.1) is 5.92 Å². The molecule has 0 spiro atoms. The summed E-state index contributed by atoms with van der Waals surface area (Å²) in [5.41, 5.74) is 0.742. The number of carbonyl (C=O) groups is 2. The summed E-state index contributed by atoms with van der Waals surface area (Å²) in [7, 11) is 0. The first-order valence-electron chi connectivity index (χ1n) is 5.56. The van der Waals surface area contributed by atoms with E-state index in [0.717, 1.165) is 5.71 Å². The van der Waals surface area contributed by atoms with Gasteiger partial charge in [-0.15, -0.1) is 0 Å². The Labute approximate surface area is 95.4 Å². The third kappa shape index (κ3) is 3.96. The van der Waals surface area contributed by atoms with Gasteiger partial charge in [-0.1, -0.05) is 6.08 Å². The number of aliphatic imine (C=N–C) groups is 1. The monoisotopic (exact) mass is 223 g/mol. The lowest BCUT2D eigenvalue weighted by atomic mass is 9.98. The van der Waals surface area contributed by atoms with E-state index in [1.54, 1.807) is 13.8 Å². The number of hydrogen-bond acceptors (Lipinski definition) is 3. The summed E-state index contributed by atoms with van der Waals surface area (Å²) < 4.78 is 4.81. The molecular formula is C12H17NO3. The van der Waals surface area contributed by atoms with Crippen LogP contribution in [-0.2, 0) is 14.3 Å². The van der Waals surface area contributed by atoms with E-state index in [4.69, 9.17) is 4.74 Å². The van der Waals surface area contributed by atoms with Crippen molar-refractivity contribution < 1.29 is 14.3 Å². The molecule has 4 nitrogen and oxygen atoms in total. The minimum absolute atomic E-state index is 0.108. The van der Waals surface area contributed by atoms with Gasteiger partial charge < -0.3 is 4.74 Å². The van der Waals surface area contributed by atoms with Gasteiger partial charge in [0.25, 0.3) is 5.91 Å². The molecule has 0 saturated carbocycles. The zero-order valence-electron chi connectivity index (χ0n) is 9.73. The van der Waals surface area contributed by atoms with Crippen molar-refractivity contribution >= 4 is 17.6 Å². The predicted octanol–water partition coefficient (Wildman–Crippen LogP) is 1.89. The SMILES string of the molecule is CCOC(=O)CCCC1C=CC(C)=NC1=O. The predicted molar refractivity (Wildman–Crippen MR) is 61.2 cm³/mol. The molecule has 0 bridgehead atoms. The lowest BCUT2D eigenvalue weighted by molar-refractivity contribution is -0.143. The highest BCUT2D eigenvalue weighted by Crippen LogP contribution is 2.16. The number of rotatable bonds is 5. The molecule has 0 aromatic rings. The van der Waals surface area contributed by atoms with E-state index in [1.165, 1.54) is 0 Å². The van der Waals surface area contributed by atoms with Crippen molar-refractivity contribution in [3.05, 3.63) is 12.2 Å². The molecule has 1 amide bonds. The maximum atomic E-state index is 11.5. The van der Waals surface area contributed by atoms with Crippen LogP contribution in [0.25, 0.3) is 0 Å². The third-order valence-corrected chi connectivity index (χ3v) is 2.37. The average molecular weight is 223 g/mol. The number of nitrogens with zero attached hydrogens (tertiary/aromatic N) is 1. The standard InChI is InChI=1S/C12H17NO3/c1-3-16-11(14)6-4-5-10-8-7-9(2)13-12(10)15/h7-8,10H,3-6H2,1-2H3. The highest BCUT2D eigenvalue weighted by Gasteiger charge is 2.18. The van der Waals surface area contributed by atoms with Crippen molar-refractivity contribution in [3.8, 4) is 0 Å². The molecule has 0 fully saturated rings. The largest absolute Gasteiger partial charge is 0.466 e. The van der Waals surface area contributed by atoms with E-state index in [0.29, 0.717) is 25.9 Å². The third-order valence-electron chi connectivity index (χ3n) is 2.37. The molecule has 0 aromatic carbocycles. The van der Waals surface area contributed by atoms with Crippen molar-refractivity contribution in [2.45, 2.75) is 33.1 Å². The smallest absolute Gasteiger partial charge is 0.305 e. The van der Waals surface area contributed by atoms with Crippen LogP contribution in [0.1, 0.15) is 33.1 Å². The lowest BCUT2D eigenvalue weighted by Gasteiger charge is -2.12. The van der Waals surface area contributed by atoms with Crippen LogP contribution in [0.2, 0.25) is 0 Å². The molecule has 1 unspecified atom stereocenters. The molecule has 1 rings (SSSR count). The van der Waals surface area contributed by atoms with Gasteiger partial charge in [-0.05, 0) is 32.8 Å². The summed E-state index contributed by atoms with van der Waals surface area (Å²) in [4.78, 5) is 26.4. The molecule has 0 N–H and O–H groups in total. The second kappa shape index (κ2) is 6.20. The Morgan fingerprint density at radius 1 is 1.56 bits per heavy atom. The fourth-order valence-corrected chi connectivity index (χ4v) is 1.55. The summed E-state index contributed by atoms with van der Waals surface area (Å²) in [5, 5.41) is 0. The zero-order chi connectivity index (χ0) is 12.0. The first-order chi connectivity index (χ1) is 7.63. The molecule has 1 atom stereocenters. The van der Waals surface area contributed by atoms with Gasteiger partial charge in [-0.2, -0.15) is 0 Å². The molecule has 1 aliphatic rings. The summed E-state index contributed by atoms with van der Waals surface area (Å²) in [6.07, 6.45) is 5.39. The Morgan fingerprint density at radius 2 is 2.31 bits per heavy atom. The van der Waals surface area contributed by atoms with Gasteiger partial charge in [-0.3, -0.25) is 9.59 Å². The topological polar surface area (TPSA) is 55.7 Å². The number of ether oxygens (including phenoxy) is 1. The first-order valence-corrected chi connectivity index (χ1v) is 5.56. The first kappa shape index (κ1) is 12.6. The summed E-state index contributed by atoms with van der Waals surface area (Å²) in [6, 6.07) is 0. The van der Waals surface area contributed by atoms with E-state index in [2.05, 4.69) is 4.99 Å². The minimum atomic E-state index is -0.200. The Bertz CT molecular complexity index is 331. The van der Waals surface area contributed by atoms with E-state index in [-0.39, 0.29) is 17.8 Å². The average Bonchev–Trinajstić information content (AvgIpc) is 2.22. The fourth-order valence-electron chi connectivity index (χ4n) is 1.55. The van der Waals surface area contributed by atoms with Crippen LogP contribution in [0.5, 0.6) is 0 Å². The summed E-state index contributed by atoms with van der Waals surface area (Å²) in [6.45, 7) is 3.98. The molecule has 0 radical (unpaired) electrons. The quantitative estimate of drug-likeness (QED) is 0.669. The van der Waals surface area contributed by atoms with E-state index in [1.807, 2.05) is 12.2 Å². The van der Waals surface area contributed by atoms with Crippen LogP contribution >= 0.6 is 0 Å². The number of allylic oxidation sites excluding steroid dienone is 1. The van der Waals surface area contributed by atoms with Gasteiger partial charge in [0.1, 0.15) is 0 Å². The Morgan fingerprint density at radius 3 is 2.94 bits per heavy atom. The van der Waals surface area contributed by atoms with Crippen LogP contribution in [0.4, 0.5) is 0 Å². The summed E-state index contributed by atoms with van der Waals surface area (Å²) >= 11 is 0. The molecular weight excluding hydrogens is 206 g/mol. The minimum Gasteiger partial charge on any atom is -0.466 e. The van der Waals surface area contributed by atoms with Crippen molar-refractivity contribution in [1.29, 1.82) is 0 Å². The van der Waals surface area contributed by atoms with Crippen LogP contribution in [-0.4, -0.2) is 24.2 Å². The van der Waals surface area contributed by atoms with E-state index >= 15 is 0 Å². The van der Waals surface area contributed by atoms with Gasteiger partial charge in [0.05, 0.1) is 12.5 Å². The summed E-state index contributed by atoms with van der Waals surface area (Å²) in [5.74, 6) is -0.476. The van der Waals surface area contributed by atoms with Crippen LogP contribution in [0.3, 0.4) is 0 Å². The number of carbonyl (C=O) groups excluding carboxylic acids is 2. The molecule has 0 aromatic heterocycles. The number of dihydropyridines is 1. The Hall–Kier alpha value is -1.45. The molecule has 0 aliphatic carbocycles. The molecule has 4 heteroatoms. The highest BCUT2D eigenvalue weighted by atomic mass is 16.5. The zero-order valence-corrected chi connectivity index (χ0v) is 9.73. The van der Waals surface area contributed by atoms with E-state index < -0.39 is 0 Å². The van der Waals surface area contributed by atoms with Crippen LogP contribution in [0.15, 0.2) is 17.1 Å². The van der Waals surface area contributed by atoms with Crippen molar-refractivity contribution in [2.24, 2.45) is 10.9 Å². The Kier molecular flexibility index (Phi) is 4.89. The second-order valence-corrected chi connectivity index (χ2v) is 3.75. The highest BCUT2D eigenvalue weighted by molar-refractivity contribution is 6.04. The molecule has 1 aliphatic heterocycles. The normalized spacial score (nSPS) is 19.5. The molecule has 1 heterocycles. The fraction of sp³-hybridized carbons (Fsp3) is 0.583. The Balaban J connectivity index is 2.27. The molecule has 88 valence electrons. The van der Waals surface area contributed by atoms with Gasteiger partial charge in [0, 0.05) is 12.1 Å². The van der Waals surface area contributed by atoms with Crippen molar-refractivity contribution in [3.63, 3.8) is 0 Å². The van der Waals surface area contributed by atoms with Crippen LogP contribution < -0.4 is 0 Å². The van der Waals surface area contributed by atoms with Crippen molar-refractivity contribution in [1.82, 2.24) is 0 Å². The van der Waals surface area contributed by atoms with Gasteiger partial charge in [0.15, 0.2) is 0 Å². The molecule has 0 saturated heterocycles. The number of esters is 1. The van der Waals surface area contributed by atoms with E-state index in [9.17, 15) is 9.59 Å². The van der Waals surface area contributed by atoms with Gasteiger partial charge in [-0.25, -0.2) is 4.99 Å². The maximum Gasteiger partial charge on any atom is 0.305 e. The number of hydrogen-bond donors (Lipinski definition) is 0. The van der Waals surface area contributed by atoms with Gasteiger partial charge in [0.2, 0.25) is 0 Å².